The highest BCUT2D eigenvalue weighted by molar-refractivity contribution is 5.96. The number of anilines is 1. The van der Waals surface area contributed by atoms with E-state index in [1.807, 2.05) is 11.0 Å². The molecule has 2 aliphatic rings. The Balaban J connectivity index is 1.53. The van der Waals surface area contributed by atoms with E-state index in [4.69, 9.17) is 10.5 Å². The number of likely N-dealkylation sites (tertiary alicyclic amines) is 1. The molecule has 3 N–H and O–H groups in total. The van der Waals surface area contributed by atoms with Crippen LogP contribution in [0.25, 0.3) is 0 Å². The van der Waals surface area contributed by atoms with Crippen LogP contribution in [-0.2, 0) is 4.74 Å². The van der Waals surface area contributed by atoms with Crippen LogP contribution in [-0.4, -0.2) is 51.9 Å². The first-order chi connectivity index (χ1) is 12.6. The molecular formula is C19H27N5O2. The topological polar surface area (TPSA) is 89.2 Å². The standard InChI is InChI=1S/C19H27N5O2/c1-12-9-16(13(2)24(12)15-4-7-26-8-5-15)19(25)23-6-3-14(11-23)18-17(20)10-21-22-18/h9-10,14-15H,3-8,11,20H2,1-2H3,(H,21,22). The SMILES string of the molecule is Cc1cc(C(=O)N2CCC(c3[nH]ncc3N)C2)c(C)n1C1CCOCC1. The lowest BCUT2D eigenvalue weighted by Gasteiger charge is -2.26. The quantitative estimate of drug-likeness (QED) is 0.883. The maximum Gasteiger partial charge on any atom is 0.255 e. The second-order valence-corrected chi connectivity index (χ2v) is 7.47. The molecule has 4 heterocycles. The van der Waals surface area contributed by atoms with Crippen LogP contribution in [0, 0.1) is 13.8 Å². The molecule has 2 saturated heterocycles. The molecule has 2 aromatic heterocycles. The van der Waals surface area contributed by atoms with Gasteiger partial charge in [0.25, 0.3) is 5.91 Å². The zero-order valence-corrected chi connectivity index (χ0v) is 15.5. The van der Waals surface area contributed by atoms with Crippen LogP contribution in [0.3, 0.4) is 0 Å². The summed E-state index contributed by atoms with van der Waals surface area (Å²) in [4.78, 5) is 15.1. The third-order valence-electron chi connectivity index (χ3n) is 5.85. The molecule has 1 amide bonds. The number of carbonyl (C=O) groups excluding carboxylic acids is 1. The number of nitrogens with one attached hydrogen (secondary N) is 1. The second kappa shape index (κ2) is 6.79. The van der Waals surface area contributed by atoms with Gasteiger partial charge in [0.15, 0.2) is 0 Å². The molecule has 1 atom stereocenters. The van der Waals surface area contributed by atoms with Crippen molar-refractivity contribution in [2.24, 2.45) is 0 Å². The highest BCUT2D eigenvalue weighted by Crippen LogP contribution is 2.32. The molecule has 0 aromatic carbocycles. The Hall–Kier alpha value is -2.28. The van der Waals surface area contributed by atoms with Gasteiger partial charge in [0.05, 0.1) is 23.1 Å². The van der Waals surface area contributed by atoms with Gasteiger partial charge in [-0.2, -0.15) is 5.10 Å². The number of carbonyl (C=O) groups is 1. The van der Waals surface area contributed by atoms with Crippen molar-refractivity contribution in [3.63, 3.8) is 0 Å². The van der Waals surface area contributed by atoms with Gasteiger partial charge in [-0.3, -0.25) is 9.89 Å². The average molecular weight is 357 g/mol. The van der Waals surface area contributed by atoms with Crippen LogP contribution < -0.4 is 5.73 Å². The lowest BCUT2D eigenvalue weighted by Crippen LogP contribution is -2.29. The molecule has 0 radical (unpaired) electrons. The van der Waals surface area contributed by atoms with Gasteiger partial charge in [-0.05, 0) is 39.2 Å². The van der Waals surface area contributed by atoms with E-state index in [0.29, 0.717) is 18.3 Å². The second-order valence-electron chi connectivity index (χ2n) is 7.47. The van der Waals surface area contributed by atoms with Gasteiger partial charge in [-0.1, -0.05) is 0 Å². The van der Waals surface area contributed by atoms with Crippen molar-refractivity contribution < 1.29 is 9.53 Å². The maximum atomic E-state index is 13.1. The Morgan fingerprint density at radius 3 is 2.77 bits per heavy atom. The Morgan fingerprint density at radius 1 is 1.31 bits per heavy atom. The fraction of sp³-hybridized carbons (Fsp3) is 0.579. The van der Waals surface area contributed by atoms with Crippen LogP contribution >= 0.6 is 0 Å². The number of ether oxygens (including phenoxy) is 1. The first kappa shape index (κ1) is 17.1. The fourth-order valence-corrected chi connectivity index (χ4v) is 4.48. The van der Waals surface area contributed by atoms with Gasteiger partial charge in [0.1, 0.15) is 0 Å². The van der Waals surface area contributed by atoms with E-state index in [-0.39, 0.29) is 11.8 Å². The lowest BCUT2D eigenvalue weighted by molar-refractivity contribution is 0.0685. The Labute approximate surface area is 153 Å². The van der Waals surface area contributed by atoms with Gasteiger partial charge in [0.2, 0.25) is 0 Å². The summed E-state index contributed by atoms with van der Waals surface area (Å²) in [6, 6.07) is 2.48. The molecule has 2 aromatic rings. The van der Waals surface area contributed by atoms with Gasteiger partial charge < -0.3 is 19.9 Å². The monoisotopic (exact) mass is 357 g/mol. The van der Waals surface area contributed by atoms with Crippen molar-refractivity contribution in [3.05, 3.63) is 34.9 Å². The number of nitrogen functional groups attached to an aromatic ring is 1. The third kappa shape index (κ3) is 2.90. The smallest absolute Gasteiger partial charge is 0.255 e. The molecule has 7 nitrogen and oxygen atoms in total. The van der Waals surface area contributed by atoms with E-state index >= 15 is 0 Å². The zero-order valence-electron chi connectivity index (χ0n) is 15.5. The minimum atomic E-state index is 0.122. The van der Waals surface area contributed by atoms with Gasteiger partial charge in [-0.15, -0.1) is 0 Å². The predicted octanol–water partition coefficient (Wildman–Crippen LogP) is 2.39. The normalized spacial score (nSPS) is 21.5. The highest BCUT2D eigenvalue weighted by atomic mass is 16.5. The molecule has 0 spiro atoms. The fourth-order valence-electron chi connectivity index (χ4n) is 4.48. The van der Waals surface area contributed by atoms with Gasteiger partial charge in [-0.25, -0.2) is 0 Å². The summed E-state index contributed by atoms with van der Waals surface area (Å²) in [5, 5.41) is 6.99. The molecule has 26 heavy (non-hydrogen) atoms. The first-order valence-electron chi connectivity index (χ1n) is 9.40. The van der Waals surface area contributed by atoms with Crippen LogP contribution in [0.4, 0.5) is 5.69 Å². The molecule has 7 heteroatoms. The summed E-state index contributed by atoms with van der Waals surface area (Å²) in [6.07, 6.45) is 4.57. The number of nitrogens with zero attached hydrogens (tertiary/aromatic N) is 3. The number of hydrogen-bond acceptors (Lipinski definition) is 4. The van der Waals surface area contributed by atoms with E-state index in [1.54, 1.807) is 6.20 Å². The molecule has 0 saturated carbocycles. The summed E-state index contributed by atoms with van der Waals surface area (Å²) in [5.74, 6) is 0.359. The summed E-state index contributed by atoms with van der Waals surface area (Å²) in [5.41, 5.74) is 10.7. The molecule has 2 fully saturated rings. The summed E-state index contributed by atoms with van der Waals surface area (Å²) in [7, 11) is 0. The van der Waals surface area contributed by atoms with Crippen molar-refractivity contribution >= 4 is 11.6 Å². The Morgan fingerprint density at radius 2 is 2.08 bits per heavy atom. The van der Waals surface area contributed by atoms with Crippen molar-refractivity contribution in [2.75, 3.05) is 32.0 Å². The number of aromatic amines is 1. The van der Waals surface area contributed by atoms with Crippen LogP contribution in [0.15, 0.2) is 12.3 Å². The van der Waals surface area contributed by atoms with E-state index in [9.17, 15) is 4.79 Å². The van der Waals surface area contributed by atoms with E-state index in [2.05, 4.69) is 28.6 Å². The van der Waals surface area contributed by atoms with Crippen LogP contribution in [0.2, 0.25) is 0 Å². The van der Waals surface area contributed by atoms with Crippen molar-refractivity contribution in [3.8, 4) is 0 Å². The van der Waals surface area contributed by atoms with Crippen LogP contribution in [0.5, 0.6) is 0 Å². The first-order valence-corrected chi connectivity index (χ1v) is 9.40. The summed E-state index contributed by atoms with van der Waals surface area (Å²) < 4.78 is 7.82. The average Bonchev–Trinajstić information content (AvgIpc) is 3.34. The number of nitrogens with two attached hydrogens (primary N) is 1. The van der Waals surface area contributed by atoms with E-state index in [1.165, 1.54) is 0 Å². The highest BCUT2D eigenvalue weighted by Gasteiger charge is 2.32. The molecule has 140 valence electrons. The molecule has 0 bridgehead atoms. The minimum Gasteiger partial charge on any atom is -0.396 e. The predicted molar refractivity (Wildman–Crippen MR) is 99.3 cm³/mol. The molecule has 4 rings (SSSR count). The van der Waals surface area contributed by atoms with Gasteiger partial charge in [0, 0.05) is 49.7 Å². The largest absolute Gasteiger partial charge is 0.396 e. The number of amides is 1. The molecule has 0 aliphatic carbocycles. The van der Waals surface area contributed by atoms with Gasteiger partial charge >= 0.3 is 0 Å². The number of aryl methyl sites for hydroxylation is 1. The number of aromatic nitrogens is 3. The summed E-state index contributed by atoms with van der Waals surface area (Å²) >= 11 is 0. The van der Waals surface area contributed by atoms with Crippen molar-refractivity contribution in [2.45, 2.75) is 45.1 Å². The molecule has 2 aliphatic heterocycles. The Bertz CT molecular complexity index is 803. The summed E-state index contributed by atoms with van der Waals surface area (Å²) in [6.45, 7) is 7.19. The third-order valence-corrected chi connectivity index (χ3v) is 5.85. The van der Waals surface area contributed by atoms with E-state index in [0.717, 1.165) is 61.7 Å². The molecule has 1 unspecified atom stereocenters. The van der Waals surface area contributed by atoms with Crippen LogP contribution in [0.1, 0.15) is 58.7 Å². The Kier molecular flexibility index (Phi) is 4.48. The van der Waals surface area contributed by atoms with Crippen molar-refractivity contribution in [1.29, 1.82) is 0 Å². The molecular weight excluding hydrogens is 330 g/mol. The van der Waals surface area contributed by atoms with E-state index < -0.39 is 0 Å². The van der Waals surface area contributed by atoms with Crippen molar-refractivity contribution in [1.82, 2.24) is 19.7 Å². The lowest BCUT2D eigenvalue weighted by atomic mass is 10.0. The minimum absolute atomic E-state index is 0.122. The maximum absolute atomic E-state index is 13.1. The zero-order chi connectivity index (χ0) is 18.3. The number of H-pyrrole nitrogens is 1. The number of rotatable bonds is 3. The number of hydrogen-bond donors (Lipinski definition) is 2.